The first-order valence-corrected chi connectivity index (χ1v) is 10.1. The third-order valence-electron chi connectivity index (χ3n) is 5.52. The van der Waals surface area contributed by atoms with Crippen molar-refractivity contribution in [3.05, 3.63) is 0 Å². The Bertz CT molecular complexity index is 541. The van der Waals surface area contributed by atoms with Gasteiger partial charge in [0, 0.05) is 0 Å². The smallest absolute Gasteiger partial charge is 0.457 e. The van der Waals surface area contributed by atoms with Crippen LogP contribution in [0.15, 0.2) is 0 Å². The van der Waals surface area contributed by atoms with Crippen molar-refractivity contribution < 1.29 is 28.4 Å². The number of ether oxygens (including phenoxy) is 2. The van der Waals surface area contributed by atoms with Crippen molar-refractivity contribution >= 4 is 19.2 Å². The molecule has 1 atom stereocenters. The van der Waals surface area contributed by atoms with Gasteiger partial charge in [0.2, 0.25) is 0 Å². The van der Waals surface area contributed by atoms with Gasteiger partial charge in [-0.15, -0.1) is 0 Å². The fourth-order valence-electron chi connectivity index (χ4n) is 3.14. The summed E-state index contributed by atoms with van der Waals surface area (Å²) in [7, 11) is 1.06. The van der Waals surface area contributed by atoms with Crippen LogP contribution in [0.3, 0.4) is 0 Å². The minimum Gasteiger partial charge on any atom is -0.467 e. The van der Waals surface area contributed by atoms with Crippen LogP contribution >= 0.6 is 0 Å². The molecule has 1 N–H and O–H groups in total. The zero-order valence-electron chi connectivity index (χ0n) is 19.1. The molecule has 28 heavy (non-hydrogen) atoms. The highest BCUT2D eigenvalue weighted by Crippen LogP contribution is 2.38. The number of carbonyl (C=O) groups excluding carboxylic acids is 2. The molecule has 0 aromatic carbocycles. The van der Waals surface area contributed by atoms with Crippen LogP contribution in [-0.4, -0.2) is 48.6 Å². The van der Waals surface area contributed by atoms with Gasteiger partial charge < -0.3 is 24.1 Å². The van der Waals surface area contributed by atoms with E-state index in [0.29, 0.717) is 19.3 Å². The summed E-state index contributed by atoms with van der Waals surface area (Å²) in [4.78, 5) is 24.7. The number of amides is 1. The number of unbranched alkanes of at least 4 members (excludes halogenated alkanes) is 1. The van der Waals surface area contributed by atoms with Crippen LogP contribution in [0.1, 0.15) is 81.1 Å². The average Bonchev–Trinajstić information content (AvgIpc) is 2.75. The maximum atomic E-state index is 12.4. The number of rotatable bonds is 8. The number of alkyl carbamates (subject to hydrolysis) is 1. The lowest BCUT2D eigenvalue weighted by molar-refractivity contribution is -0.149. The van der Waals surface area contributed by atoms with Gasteiger partial charge in [-0.1, -0.05) is 19.8 Å². The number of esters is 1. The quantitative estimate of drug-likeness (QED) is 0.376. The van der Waals surface area contributed by atoms with E-state index in [4.69, 9.17) is 18.8 Å². The Morgan fingerprint density at radius 2 is 1.57 bits per heavy atom. The molecule has 1 saturated heterocycles. The number of nitrogens with one attached hydrogen (secondary N) is 1. The first-order chi connectivity index (χ1) is 12.7. The molecule has 0 aromatic rings. The minimum atomic E-state index is -1.10. The fourth-order valence-corrected chi connectivity index (χ4v) is 3.14. The molecule has 0 aliphatic carbocycles. The largest absolute Gasteiger partial charge is 0.467 e. The molecule has 7 nitrogen and oxygen atoms in total. The molecule has 1 amide bonds. The number of carbonyl (C=O) groups is 2. The van der Waals surface area contributed by atoms with Crippen LogP contribution in [0.25, 0.3) is 0 Å². The van der Waals surface area contributed by atoms with E-state index in [-0.39, 0.29) is 18.3 Å². The van der Waals surface area contributed by atoms with Crippen LogP contribution < -0.4 is 5.32 Å². The summed E-state index contributed by atoms with van der Waals surface area (Å²) in [5.74, 6) is -0.462. The van der Waals surface area contributed by atoms with E-state index in [2.05, 4.69) is 5.32 Å². The molecule has 0 unspecified atom stereocenters. The molecule has 162 valence electrons. The summed E-state index contributed by atoms with van der Waals surface area (Å²) in [5, 5.41) is 2.74. The van der Waals surface area contributed by atoms with Crippen LogP contribution in [0, 0.1) is 0 Å². The van der Waals surface area contributed by atoms with E-state index in [9.17, 15) is 9.59 Å². The predicted molar refractivity (Wildman–Crippen MR) is 109 cm³/mol. The number of hydrogen-bond acceptors (Lipinski definition) is 6. The van der Waals surface area contributed by atoms with E-state index >= 15 is 0 Å². The van der Waals surface area contributed by atoms with E-state index in [1.165, 1.54) is 7.11 Å². The molecule has 8 heteroatoms. The van der Waals surface area contributed by atoms with Crippen molar-refractivity contribution in [2.24, 2.45) is 0 Å². The van der Waals surface area contributed by atoms with Crippen molar-refractivity contribution in [3.63, 3.8) is 0 Å². The third kappa shape index (κ3) is 6.37. The maximum Gasteiger partial charge on any atom is 0.457 e. The first kappa shape index (κ1) is 24.8. The summed E-state index contributed by atoms with van der Waals surface area (Å²) >= 11 is 0. The van der Waals surface area contributed by atoms with Crippen LogP contribution in [0.2, 0.25) is 6.32 Å². The number of hydrogen-bond donors (Lipinski definition) is 1. The molecule has 0 spiro atoms. The third-order valence-corrected chi connectivity index (χ3v) is 5.52. The summed E-state index contributed by atoms with van der Waals surface area (Å²) < 4.78 is 22.3. The van der Waals surface area contributed by atoms with E-state index in [1.54, 1.807) is 20.8 Å². The monoisotopic (exact) mass is 399 g/mol. The molecule has 1 heterocycles. The molecule has 1 fully saturated rings. The Hall–Kier alpha value is -1.28. The van der Waals surface area contributed by atoms with Gasteiger partial charge in [-0.25, -0.2) is 9.59 Å². The van der Waals surface area contributed by atoms with Crippen molar-refractivity contribution in [2.45, 2.75) is 110 Å². The molecule has 1 rings (SSSR count). The van der Waals surface area contributed by atoms with Crippen LogP contribution in [-0.2, 0) is 23.6 Å². The Kier molecular flexibility index (Phi) is 7.99. The second-order valence-corrected chi connectivity index (χ2v) is 9.49. The summed E-state index contributed by atoms with van der Waals surface area (Å²) in [6.45, 7) is 15.3. The second kappa shape index (κ2) is 9.03. The molecule has 0 saturated carbocycles. The maximum absolute atomic E-state index is 12.4. The van der Waals surface area contributed by atoms with Crippen molar-refractivity contribution in [3.8, 4) is 0 Å². The standard InChI is InChI=1S/C20H38BNO6/c1-10-20(15(23)25-9,22-16(24)26-17(2,3)4)13-11-12-14-21-27-18(5,6)19(7,8)28-21/h10-14H2,1-9H3,(H,22,24)/t20-/m0/s1. The Morgan fingerprint density at radius 3 is 2.00 bits per heavy atom. The molecule has 0 aromatic heterocycles. The number of methoxy groups -OCH3 is 1. The lowest BCUT2D eigenvalue weighted by Gasteiger charge is -2.32. The van der Waals surface area contributed by atoms with Crippen molar-refractivity contribution in [1.29, 1.82) is 0 Å². The Labute approximate surface area is 170 Å². The van der Waals surface area contributed by atoms with E-state index in [0.717, 1.165) is 12.7 Å². The van der Waals surface area contributed by atoms with Gasteiger partial charge in [0.05, 0.1) is 18.3 Å². The van der Waals surface area contributed by atoms with Gasteiger partial charge in [-0.2, -0.15) is 0 Å². The van der Waals surface area contributed by atoms with E-state index in [1.807, 2.05) is 34.6 Å². The van der Waals surface area contributed by atoms with Crippen LogP contribution in [0.4, 0.5) is 4.79 Å². The van der Waals surface area contributed by atoms with Gasteiger partial charge in [-0.3, -0.25) is 0 Å². The Balaban J connectivity index is 2.66. The molecule has 0 bridgehead atoms. The molecule has 0 radical (unpaired) electrons. The molecule has 1 aliphatic heterocycles. The SMILES string of the molecule is CC[C@@](CCCCB1OC(C)(C)C(C)(C)O1)(NC(=O)OC(C)(C)C)C(=O)OC. The van der Waals surface area contributed by atoms with Crippen molar-refractivity contribution in [1.82, 2.24) is 5.32 Å². The minimum absolute atomic E-state index is 0.266. The highest BCUT2D eigenvalue weighted by molar-refractivity contribution is 6.45. The molecular formula is C20H38BNO6. The normalized spacial score (nSPS) is 20.4. The van der Waals surface area contributed by atoms with Gasteiger partial charge in [0.15, 0.2) is 0 Å². The molecular weight excluding hydrogens is 361 g/mol. The highest BCUT2D eigenvalue weighted by Gasteiger charge is 2.50. The van der Waals surface area contributed by atoms with Crippen LogP contribution in [0.5, 0.6) is 0 Å². The van der Waals surface area contributed by atoms with Gasteiger partial charge >= 0.3 is 19.2 Å². The lowest BCUT2D eigenvalue weighted by Crippen LogP contribution is -2.55. The first-order valence-electron chi connectivity index (χ1n) is 10.1. The summed E-state index contributed by atoms with van der Waals surface area (Å²) in [5.41, 5.74) is -2.45. The lowest BCUT2D eigenvalue weighted by atomic mass is 9.80. The summed E-state index contributed by atoms with van der Waals surface area (Å²) in [6, 6.07) is 0. The second-order valence-electron chi connectivity index (χ2n) is 9.49. The molecule has 1 aliphatic rings. The van der Waals surface area contributed by atoms with Gasteiger partial charge in [0.25, 0.3) is 0 Å². The van der Waals surface area contributed by atoms with Gasteiger partial charge in [0.1, 0.15) is 11.1 Å². The van der Waals surface area contributed by atoms with Gasteiger partial charge in [-0.05, 0) is 67.6 Å². The topological polar surface area (TPSA) is 83.1 Å². The summed E-state index contributed by atoms with van der Waals surface area (Å²) in [6.07, 6.45) is 2.48. The average molecular weight is 399 g/mol. The highest BCUT2D eigenvalue weighted by atomic mass is 16.7. The zero-order chi connectivity index (χ0) is 21.8. The van der Waals surface area contributed by atoms with E-state index < -0.39 is 23.2 Å². The van der Waals surface area contributed by atoms with Crippen molar-refractivity contribution in [2.75, 3.05) is 7.11 Å². The zero-order valence-corrected chi connectivity index (χ0v) is 19.1. The Morgan fingerprint density at radius 1 is 1.04 bits per heavy atom. The fraction of sp³-hybridized carbons (Fsp3) is 0.900. The predicted octanol–water partition coefficient (Wildman–Crippen LogP) is 4.10.